The third-order valence-electron chi connectivity index (χ3n) is 6.66. The van der Waals surface area contributed by atoms with E-state index in [9.17, 15) is 14.4 Å². The topological polar surface area (TPSA) is 106 Å². The van der Waals surface area contributed by atoms with Crippen LogP contribution in [0.15, 0.2) is 131 Å². The Kier molecular flexibility index (Phi) is 10.9. The molecule has 0 saturated heterocycles. The molecule has 1 unspecified atom stereocenters. The highest BCUT2D eigenvalue weighted by Gasteiger charge is 2.23. The minimum Gasteiger partial charge on any atom is -0.497 e. The van der Waals surface area contributed by atoms with Crippen LogP contribution in [0.25, 0.3) is 6.08 Å². The summed E-state index contributed by atoms with van der Waals surface area (Å²) in [5, 5.41) is 9.92. The van der Waals surface area contributed by atoms with Gasteiger partial charge in [0.15, 0.2) is 0 Å². The van der Waals surface area contributed by atoms with Crippen LogP contribution in [-0.4, -0.2) is 31.9 Å². The summed E-state index contributed by atoms with van der Waals surface area (Å²) >= 11 is 2.79. The molecule has 0 radical (unpaired) electrons. The molecule has 10 heteroatoms. The van der Waals surface area contributed by atoms with Crippen molar-refractivity contribution in [2.24, 2.45) is 0 Å². The number of hydrogen-bond acceptors (Lipinski definition) is 7. The molecule has 4 aromatic carbocycles. The molecule has 1 heterocycles. The molecule has 8 nitrogen and oxygen atoms in total. The minimum absolute atomic E-state index is 0.101. The highest BCUT2D eigenvalue weighted by atomic mass is 32.2. The lowest BCUT2D eigenvalue weighted by atomic mass is 10.1. The van der Waals surface area contributed by atoms with Crippen molar-refractivity contribution in [3.8, 4) is 11.5 Å². The maximum atomic E-state index is 13.7. The standard InChI is InChI=1S/C36H31N3O5S2/c1-43-28-19-27(20-29(22-28)44-2)38-36(42)33(24-11-5-3-6-12-24)46-31-16-9-15-26(21-31)37-35(41)32(23-30-17-10-18-45-30)39-34(40)25-13-7-4-8-14-25/h3-23,33H,1-2H3,(H,37,41)(H,38,42)(H,39,40)/b32-23-. The Morgan fingerprint density at radius 1 is 0.739 bits per heavy atom. The van der Waals surface area contributed by atoms with Crippen molar-refractivity contribution in [2.75, 3.05) is 24.9 Å². The summed E-state index contributed by atoms with van der Waals surface area (Å²) < 4.78 is 10.7. The minimum atomic E-state index is -0.621. The molecule has 3 amide bonds. The molecule has 0 aliphatic heterocycles. The lowest BCUT2D eigenvalue weighted by Gasteiger charge is -2.18. The fourth-order valence-electron chi connectivity index (χ4n) is 4.43. The number of amides is 3. The molecule has 5 aromatic rings. The van der Waals surface area contributed by atoms with Crippen LogP contribution in [-0.2, 0) is 9.59 Å². The smallest absolute Gasteiger partial charge is 0.272 e. The predicted octanol–water partition coefficient (Wildman–Crippen LogP) is 7.65. The van der Waals surface area contributed by atoms with Gasteiger partial charge in [-0.1, -0.05) is 60.7 Å². The Morgan fingerprint density at radius 2 is 1.43 bits per heavy atom. The van der Waals surface area contributed by atoms with Crippen molar-refractivity contribution in [3.05, 3.63) is 142 Å². The van der Waals surface area contributed by atoms with Crippen molar-refractivity contribution in [1.82, 2.24) is 5.32 Å². The van der Waals surface area contributed by atoms with Crippen LogP contribution in [0.4, 0.5) is 11.4 Å². The molecule has 46 heavy (non-hydrogen) atoms. The van der Waals surface area contributed by atoms with E-state index in [0.717, 1.165) is 15.3 Å². The largest absolute Gasteiger partial charge is 0.497 e. The van der Waals surface area contributed by atoms with Gasteiger partial charge in [-0.3, -0.25) is 14.4 Å². The van der Waals surface area contributed by atoms with Crippen LogP contribution < -0.4 is 25.4 Å². The molecule has 3 N–H and O–H groups in total. The van der Waals surface area contributed by atoms with Crippen LogP contribution in [0.2, 0.25) is 0 Å². The predicted molar refractivity (Wildman–Crippen MR) is 184 cm³/mol. The molecule has 0 bridgehead atoms. The quantitative estimate of drug-likeness (QED) is 0.0948. The van der Waals surface area contributed by atoms with Crippen molar-refractivity contribution in [2.45, 2.75) is 10.1 Å². The van der Waals surface area contributed by atoms with Crippen molar-refractivity contribution < 1.29 is 23.9 Å². The summed E-state index contributed by atoms with van der Waals surface area (Å²) in [6, 6.07) is 34.3. The van der Waals surface area contributed by atoms with Gasteiger partial charge in [0, 0.05) is 44.9 Å². The molecular weight excluding hydrogens is 619 g/mol. The summed E-state index contributed by atoms with van der Waals surface area (Å²) in [5.41, 5.74) is 2.38. The van der Waals surface area contributed by atoms with E-state index < -0.39 is 17.1 Å². The number of carbonyl (C=O) groups is 3. The molecule has 0 aliphatic rings. The first kappa shape index (κ1) is 32.1. The van der Waals surface area contributed by atoms with Crippen LogP contribution in [0.3, 0.4) is 0 Å². The number of hydrogen-bond donors (Lipinski definition) is 3. The van der Waals surface area contributed by atoms with E-state index >= 15 is 0 Å². The zero-order chi connectivity index (χ0) is 32.3. The molecular formula is C36H31N3O5S2. The normalized spacial score (nSPS) is 11.7. The van der Waals surface area contributed by atoms with Gasteiger partial charge in [0.25, 0.3) is 11.8 Å². The van der Waals surface area contributed by atoms with E-state index in [0.29, 0.717) is 28.4 Å². The Labute approximate surface area is 275 Å². The molecule has 0 saturated carbocycles. The SMILES string of the molecule is COc1cc(NC(=O)C(Sc2cccc(NC(=O)/C(=C/c3cccs3)NC(=O)c3ccccc3)c2)c2ccccc2)cc(OC)c1. The molecule has 0 spiro atoms. The second-order valence-electron chi connectivity index (χ2n) is 9.87. The van der Waals surface area contributed by atoms with E-state index in [-0.39, 0.29) is 11.6 Å². The van der Waals surface area contributed by atoms with Gasteiger partial charge in [-0.15, -0.1) is 23.1 Å². The van der Waals surface area contributed by atoms with Gasteiger partial charge in [0.05, 0.1) is 14.2 Å². The van der Waals surface area contributed by atoms with Gasteiger partial charge in [-0.05, 0) is 53.4 Å². The zero-order valence-corrected chi connectivity index (χ0v) is 26.7. The number of methoxy groups -OCH3 is 2. The molecule has 1 atom stereocenters. The Morgan fingerprint density at radius 3 is 2.09 bits per heavy atom. The maximum Gasteiger partial charge on any atom is 0.272 e. The van der Waals surface area contributed by atoms with E-state index in [1.807, 2.05) is 60.0 Å². The maximum absolute atomic E-state index is 13.7. The molecule has 0 aliphatic carbocycles. The Hall–Kier alpha value is -5.32. The number of ether oxygens (including phenoxy) is 2. The lowest BCUT2D eigenvalue weighted by Crippen LogP contribution is -2.30. The number of benzene rings is 4. The Bertz CT molecular complexity index is 1810. The van der Waals surface area contributed by atoms with Gasteiger partial charge in [0.1, 0.15) is 22.4 Å². The Balaban J connectivity index is 1.36. The average Bonchev–Trinajstić information content (AvgIpc) is 3.61. The van der Waals surface area contributed by atoms with Crippen LogP contribution in [0.1, 0.15) is 26.0 Å². The fourth-order valence-corrected chi connectivity index (χ4v) is 6.17. The highest BCUT2D eigenvalue weighted by molar-refractivity contribution is 8.00. The number of carbonyl (C=O) groups excluding carboxylic acids is 3. The van der Waals surface area contributed by atoms with Gasteiger partial charge in [-0.2, -0.15) is 0 Å². The van der Waals surface area contributed by atoms with E-state index in [4.69, 9.17) is 9.47 Å². The van der Waals surface area contributed by atoms with Gasteiger partial charge in [0.2, 0.25) is 5.91 Å². The highest BCUT2D eigenvalue weighted by Crippen LogP contribution is 2.38. The van der Waals surface area contributed by atoms with E-state index in [1.165, 1.54) is 23.1 Å². The molecule has 5 rings (SSSR count). The second kappa shape index (κ2) is 15.6. The summed E-state index contributed by atoms with van der Waals surface area (Å²) in [6.45, 7) is 0. The van der Waals surface area contributed by atoms with Gasteiger partial charge < -0.3 is 25.4 Å². The molecule has 1 aromatic heterocycles. The van der Waals surface area contributed by atoms with Gasteiger partial charge >= 0.3 is 0 Å². The number of anilines is 2. The fraction of sp³-hybridized carbons (Fsp3) is 0.0833. The number of thiophene rings is 1. The lowest BCUT2D eigenvalue weighted by molar-refractivity contribution is -0.116. The average molecular weight is 650 g/mol. The van der Waals surface area contributed by atoms with Crippen LogP contribution in [0, 0.1) is 0 Å². The first-order valence-electron chi connectivity index (χ1n) is 14.2. The number of nitrogens with one attached hydrogen (secondary N) is 3. The van der Waals surface area contributed by atoms with Crippen molar-refractivity contribution in [3.63, 3.8) is 0 Å². The van der Waals surface area contributed by atoms with Crippen LogP contribution >= 0.6 is 23.1 Å². The first-order chi connectivity index (χ1) is 22.4. The third-order valence-corrected chi connectivity index (χ3v) is 8.73. The van der Waals surface area contributed by atoms with Crippen molar-refractivity contribution >= 4 is 58.3 Å². The summed E-state index contributed by atoms with van der Waals surface area (Å²) in [4.78, 5) is 41.7. The molecule has 232 valence electrons. The summed E-state index contributed by atoms with van der Waals surface area (Å²) in [6.07, 6.45) is 1.64. The van der Waals surface area contributed by atoms with E-state index in [1.54, 1.807) is 81.0 Å². The monoisotopic (exact) mass is 649 g/mol. The van der Waals surface area contributed by atoms with E-state index in [2.05, 4.69) is 16.0 Å². The summed E-state index contributed by atoms with van der Waals surface area (Å²) in [5.74, 6) is -0.0212. The number of rotatable bonds is 12. The second-order valence-corrected chi connectivity index (χ2v) is 12.0. The summed E-state index contributed by atoms with van der Waals surface area (Å²) in [7, 11) is 3.10. The van der Waals surface area contributed by atoms with Crippen molar-refractivity contribution in [1.29, 1.82) is 0 Å². The zero-order valence-electron chi connectivity index (χ0n) is 25.1. The van der Waals surface area contributed by atoms with Gasteiger partial charge in [-0.25, -0.2) is 0 Å². The number of thioether (sulfide) groups is 1. The van der Waals surface area contributed by atoms with Crippen LogP contribution in [0.5, 0.6) is 11.5 Å². The first-order valence-corrected chi connectivity index (χ1v) is 16.0. The molecule has 0 fully saturated rings. The third kappa shape index (κ3) is 8.65.